The molecule has 0 N–H and O–H groups in total. The third-order valence-corrected chi connectivity index (χ3v) is 3.69. The fourth-order valence-corrected chi connectivity index (χ4v) is 2.97. The monoisotopic (exact) mass is 222 g/mol. The van der Waals surface area contributed by atoms with Crippen molar-refractivity contribution >= 4 is 11.4 Å². The van der Waals surface area contributed by atoms with E-state index >= 15 is 0 Å². The Bertz CT molecular complexity index is 525. The lowest BCUT2D eigenvalue weighted by Gasteiger charge is -2.38. The van der Waals surface area contributed by atoms with Gasteiger partial charge in [0.2, 0.25) is 0 Å². The maximum absolute atomic E-state index is 2.41. The Morgan fingerprint density at radius 1 is 0.647 bits per heavy atom. The summed E-state index contributed by atoms with van der Waals surface area (Å²) < 4.78 is 0. The Hall–Kier alpha value is -1.96. The molecule has 2 heteroatoms. The molecule has 4 rings (SSSR count). The summed E-state index contributed by atoms with van der Waals surface area (Å²) in [5.41, 5.74) is 5.43. The predicted octanol–water partition coefficient (Wildman–Crippen LogP) is 3.30. The summed E-state index contributed by atoms with van der Waals surface area (Å²) >= 11 is 0. The molecular formula is C15H14N2. The number of nitrogens with zero attached hydrogens (tertiary/aromatic N) is 2. The van der Waals surface area contributed by atoms with Crippen LogP contribution in [0.3, 0.4) is 0 Å². The summed E-state index contributed by atoms with van der Waals surface area (Å²) in [7, 11) is 0. The van der Waals surface area contributed by atoms with Crippen molar-refractivity contribution < 1.29 is 0 Å². The zero-order valence-electron chi connectivity index (χ0n) is 9.63. The van der Waals surface area contributed by atoms with Crippen LogP contribution in [0.2, 0.25) is 0 Å². The van der Waals surface area contributed by atoms with Crippen molar-refractivity contribution in [2.24, 2.45) is 0 Å². The first-order valence-corrected chi connectivity index (χ1v) is 6.18. The molecule has 2 aliphatic rings. The number of hydrogen-bond acceptors (Lipinski definition) is 2. The molecule has 0 radical (unpaired) electrons. The lowest BCUT2D eigenvalue weighted by molar-refractivity contribution is 0.882. The molecule has 0 spiro atoms. The fraction of sp³-hybridized carbons (Fsp3) is 0.200. The topological polar surface area (TPSA) is 6.48 Å². The van der Waals surface area contributed by atoms with Crippen molar-refractivity contribution in [2.45, 2.75) is 6.42 Å². The van der Waals surface area contributed by atoms with Gasteiger partial charge in [-0.15, -0.1) is 0 Å². The second-order valence-electron chi connectivity index (χ2n) is 4.63. The van der Waals surface area contributed by atoms with Crippen molar-refractivity contribution in [1.29, 1.82) is 0 Å². The van der Waals surface area contributed by atoms with E-state index in [9.17, 15) is 0 Å². The molecule has 0 atom stereocenters. The normalized spacial score (nSPS) is 16.5. The first kappa shape index (κ1) is 9.11. The van der Waals surface area contributed by atoms with Gasteiger partial charge in [0.05, 0.1) is 11.4 Å². The third-order valence-electron chi connectivity index (χ3n) is 3.69. The summed E-state index contributed by atoms with van der Waals surface area (Å²) in [5.74, 6) is 0. The second kappa shape index (κ2) is 3.27. The minimum Gasteiger partial charge on any atom is -0.285 e. The van der Waals surface area contributed by atoms with Crippen molar-refractivity contribution in [3.8, 4) is 11.1 Å². The molecule has 84 valence electrons. The van der Waals surface area contributed by atoms with Gasteiger partial charge in [0.1, 0.15) is 0 Å². The molecule has 2 nitrogen and oxygen atoms in total. The molecule has 2 aliphatic heterocycles. The number of anilines is 2. The number of benzene rings is 2. The van der Waals surface area contributed by atoms with E-state index in [2.05, 4.69) is 58.5 Å². The van der Waals surface area contributed by atoms with Crippen LogP contribution in [0.25, 0.3) is 11.1 Å². The zero-order chi connectivity index (χ0) is 11.2. The van der Waals surface area contributed by atoms with Gasteiger partial charge in [0.25, 0.3) is 0 Å². The Morgan fingerprint density at radius 3 is 1.65 bits per heavy atom. The molecule has 2 heterocycles. The molecule has 1 fully saturated rings. The van der Waals surface area contributed by atoms with Crippen LogP contribution in [0.5, 0.6) is 0 Å². The van der Waals surface area contributed by atoms with Crippen LogP contribution in [0, 0.1) is 0 Å². The maximum atomic E-state index is 2.41. The van der Waals surface area contributed by atoms with Gasteiger partial charge in [-0.3, -0.25) is 10.0 Å². The minimum atomic E-state index is 1.13. The molecule has 2 aromatic carbocycles. The molecule has 2 aromatic rings. The predicted molar refractivity (Wildman–Crippen MR) is 71.2 cm³/mol. The number of fused-ring (bicyclic) bond motifs is 6. The van der Waals surface area contributed by atoms with E-state index < -0.39 is 0 Å². The molecule has 0 saturated carbocycles. The summed E-state index contributed by atoms with van der Waals surface area (Å²) in [6, 6.07) is 17.4. The van der Waals surface area contributed by atoms with Crippen LogP contribution in [0.15, 0.2) is 48.5 Å². The quantitative estimate of drug-likeness (QED) is 0.674. The summed E-state index contributed by atoms with van der Waals surface area (Å²) in [6.45, 7) is 2.26. The van der Waals surface area contributed by atoms with Crippen LogP contribution >= 0.6 is 0 Å². The van der Waals surface area contributed by atoms with E-state index in [4.69, 9.17) is 0 Å². The average Bonchev–Trinajstić information content (AvgIpc) is 2.89. The van der Waals surface area contributed by atoms with Gasteiger partial charge in [-0.2, -0.15) is 0 Å². The molecule has 0 aromatic heterocycles. The summed E-state index contributed by atoms with van der Waals surface area (Å²) in [6.07, 6.45) is 1.24. The van der Waals surface area contributed by atoms with E-state index in [0.29, 0.717) is 0 Å². The zero-order valence-corrected chi connectivity index (χ0v) is 9.63. The third kappa shape index (κ3) is 1.15. The fourth-order valence-electron chi connectivity index (χ4n) is 2.97. The molecule has 0 aliphatic carbocycles. The molecule has 1 saturated heterocycles. The number of hydrogen-bond donors (Lipinski definition) is 0. The van der Waals surface area contributed by atoms with Gasteiger partial charge in [0.15, 0.2) is 0 Å². The van der Waals surface area contributed by atoms with Crippen LogP contribution in [0.1, 0.15) is 6.42 Å². The highest BCUT2D eigenvalue weighted by Gasteiger charge is 2.30. The SMILES string of the molecule is c1ccc2c(c1)-c1ccccc1N1CCCN21. The van der Waals surface area contributed by atoms with E-state index in [1.54, 1.807) is 0 Å². The van der Waals surface area contributed by atoms with Crippen molar-refractivity contribution in [3.63, 3.8) is 0 Å². The molecule has 17 heavy (non-hydrogen) atoms. The molecule has 0 bridgehead atoms. The van der Waals surface area contributed by atoms with Gasteiger partial charge >= 0.3 is 0 Å². The van der Waals surface area contributed by atoms with E-state index in [0.717, 1.165) is 13.1 Å². The van der Waals surface area contributed by atoms with Crippen molar-refractivity contribution in [2.75, 3.05) is 23.1 Å². The Kier molecular flexibility index (Phi) is 1.75. The average molecular weight is 222 g/mol. The molecule has 0 unspecified atom stereocenters. The number of hydrazine groups is 1. The van der Waals surface area contributed by atoms with Gasteiger partial charge in [-0.25, -0.2) is 0 Å². The lowest BCUT2D eigenvalue weighted by Crippen LogP contribution is -2.39. The second-order valence-corrected chi connectivity index (χ2v) is 4.63. The van der Waals surface area contributed by atoms with Crippen molar-refractivity contribution in [1.82, 2.24) is 0 Å². The minimum absolute atomic E-state index is 1.13. The Labute approximate surface area is 101 Å². The maximum Gasteiger partial charge on any atom is 0.0653 e. The molecule has 0 amide bonds. The van der Waals surface area contributed by atoms with E-state index in [-0.39, 0.29) is 0 Å². The van der Waals surface area contributed by atoms with Gasteiger partial charge < -0.3 is 0 Å². The lowest BCUT2D eigenvalue weighted by atomic mass is 9.99. The summed E-state index contributed by atoms with van der Waals surface area (Å²) in [5, 5.41) is 4.83. The standard InChI is InChI=1S/C15H14N2/c1-3-8-14-12(6-1)13-7-2-4-9-15(13)17-11-5-10-16(14)17/h1-4,6-9H,5,10-11H2. The van der Waals surface area contributed by atoms with Gasteiger partial charge in [-0.1, -0.05) is 36.4 Å². The Morgan fingerprint density at radius 2 is 1.12 bits per heavy atom. The largest absolute Gasteiger partial charge is 0.285 e. The highest BCUT2D eigenvalue weighted by Crippen LogP contribution is 2.44. The highest BCUT2D eigenvalue weighted by molar-refractivity contribution is 5.92. The van der Waals surface area contributed by atoms with Gasteiger partial charge in [0, 0.05) is 24.2 Å². The summed E-state index contributed by atoms with van der Waals surface area (Å²) in [4.78, 5) is 0. The van der Waals surface area contributed by atoms with Crippen LogP contribution in [0.4, 0.5) is 11.4 Å². The van der Waals surface area contributed by atoms with Crippen molar-refractivity contribution in [3.05, 3.63) is 48.5 Å². The first-order valence-electron chi connectivity index (χ1n) is 6.18. The highest BCUT2D eigenvalue weighted by atomic mass is 15.7. The number of para-hydroxylation sites is 2. The van der Waals surface area contributed by atoms with E-state index in [1.807, 2.05) is 0 Å². The smallest absolute Gasteiger partial charge is 0.0653 e. The van der Waals surface area contributed by atoms with Crippen LogP contribution < -0.4 is 10.0 Å². The first-order chi connectivity index (χ1) is 8.45. The number of rotatable bonds is 0. The Balaban J connectivity index is 2.04. The van der Waals surface area contributed by atoms with E-state index in [1.165, 1.54) is 28.9 Å². The van der Waals surface area contributed by atoms with Crippen LogP contribution in [-0.2, 0) is 0 Å². The van der Waals surface area contributed by atoms with Gasteiger partial charge in [-0.05, 0) is 18.6 Å². The van der Waals surface area contributed by atoms with Crippen LogP contribution in [-0.4, -0.2) is 13.1 Å². The molecular weight excluding hydrogens is 208 g/mol.